The van der Waals surface area contributed by atoms with Crippen LogP contribution in [0.4, 0.5) is 18.9 Å². The number of nitrogens with zero attached hydrogens (tertiary/aromatic N) is 1. The van der Waals surface area contributed by atoms with Gasteiger partial charge in [-0.2, -0.15) is 18.4 Å². The van der Waals surface area contributed by atoms with Crippen LogP contribution in [-0.4, -0.2) is 19.6 Å². The third-order valence-corrected chi connectivity index (χ3v) is 2.73. The number of methoxy groups -OCH3 is 1. The fourth-order valence-electron chi connectivity index (χ4n) is 1.78. The summed E-state index contributed by atoms with van der Waals surface area (Å²) in [6.07, 6.45) is -4.37. The second-order valence-electron chi connectivity index (χ2n) is 4.68. The Kier molecular flexibility index (Phi) is 5.73. The average molecular weight is 300 g/mol. The molecule has 1 unspecified atom stereocenters. The molecule has 0 saturated carbocycles. The van der Waals surface area contributed by atoms with Crippen molar-refractivity contribution in [1.29, 1.82) is 5.26 Å². The van der Waals surface area contributed by atoms with Gasteiger partial charge < -0.3 is 10.1 Å². The molecule has 21 heavy (non-hydrogen) atoms. The number of alkyl halides is 3. The second kappa shape index (κ2) is 7.09. The number of carbonyl (C=O) groups is 1. The largest absolute Gasteiger partial charge is 0.416 e. The summed E-state index contributed by atoms with van der Waals surface area (Å²) >= 11 is 0. The molecule has 1 aromatic carbocycles. The van der Waals surface area contributed by atoms with Gasteiger partial charge in [0.25, 0.3) is 0 Å². The Morgan fingerprint density at radius 1 is 1.48 bits per heavy atom. The number of nitriles is 1. The number of anilines is 1. The molecule has 0 saturated heterocycles. The molecule has 0 spiro atoms. The van der Waals surface area contributed by atoms with Crippen LogP contribution in [0.2, 0.25) is 0 Å². The van der Waals surface area contributed by atoms with E-state index in [2.05, 4.69) is 5.32 Å². The Hall–Kier alpha value is -2.07. The van der Waals surface area contributed by atoms with Crippen LogP contribution in [0.1, 0.15) is 24.5 Å². The molecule has 0 aliphatic rings. The Bertz CT molecular complexity index is 550. The third-order valence-electron chi connectivity index (χ3n) is 2.73. The summed E-state index contributed by atoms with van der Waals surface area (Å²) in [5.41, 5.74) is -1.08. The molecule has 0 aromatic heterocycles. The van der Waals surface area contributed by atoms with Crippen LogP contribution in [0, 0.1) is 17.2 Å². The second-order valence-corrected chi connectivity index (χ2v) is 4.68. The fourth-order valence-corrected chi connectivity index (χ4v) is 1.78. The molecule has 0 bridgehead atoms. The van der Waals surface area contributed by atoms with Gasteiger partial charge in [0.15, 0.2) is 0 Å². The Morgan fingerprint density at radius 2 is 2.14 bits per heavy atom. The summed E-state index contributed by atoms with van der Waals surface area (Å²) in [6, 6.07) is 4.28. The first-order chi connectivity index (χ1) is 9.77. The van der Waals surface area contributed by atoms with Gasteiger partial charge in [-0.1, -0.05) is 6.92 Å². The van der Waals surface area contributed by atoms with Crippen molar-refractivity contribution in [2.24, 2.45) is 5.92 Å². The summed E-state index contributed by atoms with van der Waals surface area (Å²) in [5, 5.41) is 11.3. The van der Waals surface area contributed by atoms with Gasteiger partial charge in [0.2, 0.25) is 5.91 Å². The molecule has 0 aliphatic heterocycles. The van der Waals surface area contributed by atoms with Crippen molar-refractivity contribution in [3.8, 4) is 6.07 Å². The highest BCUT2D eigenvalue weighted by Crippen LogP contribution is 2.31. The van der Waals surface area contributed by atoms with Crippen molar-refractivity contribution in [1.82, 2.24) is 0 Å². The maximum absolute atomic E-state index is 12.5. The quantitative estimate of drug-likeness (QED) is 0.908. The highest BCUT2D eigenvalue weighted by molar-refractivity contribution is 5.92. The van der Waals surface area contributed by atoms with Crippen LogP contribution >= 0.6 is 0 Å². The summed E-state index contributed by atoms with van der Waals surface area (Å²) < 4.78 is 42.5. The zero-order chi connectivity index (χ0) is 16.0. The molecule has 1 atom stereocenters. The van der Waals surface area contributed by atoms with E-state index in [4.69, 9.17) is 10.00 Å². The molecule has 7 heteroatoms. The lowest BCUT2D eigenvalue weighted by molar-refractivity contribution is -0.137. The van der Waals surface area contributed by atoms with Gasteiger partial charge in [0.1, 0.15) is 6.07 Å². The molecule has 1 amide bonds. The summed E-state index contributed by atoms with van der Waals surface area (Å²) in [7, 11) is 1.51. The van der Waals surface area contributed by atoms with Crippen molar-refractivity contribution in [3.63, 3.8) is 0 Å². The van der Waals surface area contributed by atoms with Gasteiger partial charge >= 0.3 is 6.18 Å². The van der Waals surface area contributed by atoms with Crippen molar-refractivity contribution < 1.29 is 22.7 Å². The Morgan fingerprint density at radius 3 is 2.67 bits per heavy atom. The van der Waals surface area contributed by atoms with Crippen LogP contribution in [-0.2, 0) is 15.7 Å². The smallest absolute Gasteiger partial charge is 0.384 e. The van der Waals surface area contributed by atoms with E-state index in [-0.39, 0.29) is 29.5 Å². The molecular weight excluding hydrogens is 285 g/mol. The number of rotatable bonds is 5. The minimum atomic E-state index is -4.53. The predicted molar refractivity (Wildman–Crippen MR) is 70.4 cm³/mol. The average Bonchev–Trinajstić information content (AvgIpc) is 2.37. The van der Waals surface area contributed by atoms with Crippen LogP contribution < -0.4 is 5.32 Å². The number of hydrogen-bond donors (Lipinski definition) is 1. The van der Waals surface area contributed by atoms with Crippen molar-refractivity contribution in [2.45, 2.75) is 19.5 Å². The molecule has 1 aromatic rings. The van der Waals surface area contributed by atoms with E-state index in [1.807, 2.05) is 0 Å². The van der Waals surface area contributed by atoms with Gasteiger partial charge in [-0.25, -0.2) is 0 Å². The van der Waals surface area contributed by atoms with E-state index >= 15 is 0 Å². The molecule has 1 N–H and O–H groups in total. The number of carbonyl (C=O) groups excluding carboxylic acids is 1. The van der Waals surface area contributed by atoms with Gasteiger partial charge in [0, 0.05) is 20.1 Å². The van der Waals surface area contributed by atoms with Gasteiger partial charge in [0.05, 0.1) is 16.8 Å². The SMILES string of the molecule is COCC(C)CC(=O)Nc1ccc(C(F)(F)F)cc1C#N. The van der Waals surface area contributed by atoms with Crippen molar-refractivity contribution >= 4 is 11.6 Å². The normalized spacial score (nSPS) is 12.6. The van der Waals surface area contributed by atoms with Gasteiger partial charge in [-0.3, -0.25) is 4.79 Å². The Labute approximate surface area is 120 Å². The maximum atomic E-state index is 12.5. The van der Waals surface area contributed by atoms with E-state index < -0.39 is 11.7 Å². The van der Waals surface area contributed by atoms with E-state index in [9.17, 15) is 18.0 Å². The first kappa shape index (κ1) is 17.0. The molecule has 0 aliphatic carbocycles. The first-order valence-corrected chi connectivity index (χ1v) is 6.18. The van der Waals surface area contributed by atoms with E-state index in [0.717, 1.165) is 12.1 Å². The summed E-state index contributed by atoms with van der Waals surface area (Å²) in [6.45, 7) is 2.20. The molecule has 0 fully saturated rings. The lowest BCUT2D eigenvalue weighted by Gasteiger charge is -2.13. The van der Waals surface area contributed by atoms with E-state index in [0.29, 0.717) is 12.7 Å². The fraction of sp³-hybridized carbons (Fsp3) is 0.429. The zero-order valence-corrected chi connectivity index (χ0v) is 11.6. The van der Waals surface area contributed by atoms with Crippen molar-refractivity contribution in [3.05, 3.63) is 29.3 Å². The first-order valence-electron chi connectivity index (χ1n) is 6.18. The summed E-state index contributed by atoms with van der Waals surface area (Å²) in [4.78, 5) is 11.7. The maximum Gasteiger partial charge on any atom is 0.416 e. The number of halogens is 3. The number of ether oxygens (including phenoxy) is 1. The van der Waals surface area contributed by atoms with E-state index in [1.54, 1.807) is 13.0 Å². The van der Waals surface area contributed by atoms with E-state index in [1.165, 1.54) is 7.11 Å². The predicted octanol–water partition coefficient (Wildman–Crippen LogP) is 3.19. The number of hydrogen-bond acceptors (Lipinski definition) is 3. The highest BCUT2D eigenvalue weighted by Gasteiger charge is 2.31. The topological polar surface area (TPSA) is 62.1 Å². The lowest BCUT2D eigenvalue weighted by atomic mass is 10.1. The number of amides is 1. The summed E-state index contributed by atoms with van der Waals surface area (Å²) in [5.74, 6) is -0.411. The van der Waals surface area contributed by atoms with Crippen LogP contribution in [0.15, 0.2) is 18.2 Å². The zero-order valence-electron chi connectivity index (χ0n) is 11.6. The molecule has 0 heterocycles. The highest BCUT2D eigenvalue weighted by atomic mass is 19.4. The molecule has 4 nitrogen and oxygen atoms in total. The molecular formula is C14H15F3N2O2. The lowest BCUT2D eigenvalue weighted by Crippen LogP contribution is -2.18. The third kappa shape index (κ3) is 5.08. The molecule has 1 rings (SSSR count). The van der Waals surface area contributed by atoms with Gasteiger partial charge in [-0.15, -0.1) is 0 Å². The van der Waals surface area contributed by atoms with Crippen LogP contribution in [0.3, 0.4) is 0 Å². The minimum Gasteiger partial charge on any atom is -0.384 e. The van der Waals surface area contributed by atoms with Crippen molar-refractivity contribution in [2.75, 3.05) is 19.0 Å². The van der Waals surface area contributed by atoms with Crippen LogP contribution in [0.5, 0.6) is 0 Å². The standard InChI is InChI=1S/C14H15F3N2O2/c1-9(8-21-2)5-13(20)19-12-4-3-11(14(15,16)17)6-10(12)7-18/h3-4,6,9H,5,8H2,1-2H3,(H,19,20). The number of benzene rings is 1. The minimum absolute atomic E-state index is 0.0324. The van der Waals surface area contributed by atoms with Crippen LogP contribution in [0.25, 0.3) is 0 Å². The molecule has 114 valence electrons. The van der Waals surface area contributed by atoms with Gasteiger partial charge in [-0.05, 0) is 24.1 Å². The monoisotopic (exact) mass is 300 g/mol. The number of nitrogens with one attached hydrogen (secondary N) is 1. The Balaban J connectivity index is 2.85. The molecule has 0 radical (unpaired) electrons.